The Morgan fingerprint density at radius 1 is 1.21 bits per heavy atom. The maximum atomic E-state index is 6.04. The third kappa shape index (κ3) is 5.93. The first kappa shape index (κ1) is 20.1. The number of benzene rings is 1. The summed E-state index contributed by atoms with van der Waals surface area (Å²) in [6.45, 7) is 6.30. The predicted octanol–water partition coefficient (Wildman–Crippen LogP) is 0.391. The lowest BCUT2D eigenvalue weighted by Crippen LogP contribution is -2.38. The second-order valence-electron chi connectivity index (χ2n) is 6.49. The van der Waals surface area contributed by atoms with E-state index < -0.39 is 0 Å². The van der Waals surface area contributed by atoms with Crippen molar-refractivity contribution in [3.8, 4) is 5.75 Å². The SMILES string of the molecule is CN=C(NCc1ccccc1OCCN1CCOCC1)NCc1ncnn1C. The minimum atomic E-state index is 0.549. The van der Waals surface area contributed by atoms with E-state index in [4.69, 9.17) is 9.47 Å². The molecule has 0 amide bonds. The van der Waals surface area contributed by atoms with Crippen LogP contribution in [0, 0.1) is 0 Å². The number of aromatic nitrogens is 3. The molecule has 3 rings (SSSR count). The summed E-state index contributed by atoms with van der Waals surface area (Å²) in [5, 5.41) is 10.6. The van der Waals surface area contributed by atoms with Crippen molar-refractivity contribution in [1.82, 2.24) is 30.3 Å². The number of nitrogens with zero attached hydrogens (tertiary/aromatic N) is 5. The topological polar surface area (TPSA) is 88.8 Å². The maximum absolute atomic E-state index is 6.04. The van der Waals surface area contributed by atoms with Crippen LogP contribution in [-0.2, 0) is 24.9 Å². The van der Waals surface area contributed by atoms with Crippen LogP contribution < -0.4 is 15.4 Å². The highest BCUT2D eigenvalue weighted by molar-refractivity contribution is 5.79. The van der Waals surface area contributed by atoms with E-state index in [0.717, 1.165) is 50.0 Å². The number of para-hydroxylation sites is 1. The normalized spacial score (nSPS) is 15.4. The lowest BCUT2D eigenvalue weighted by atomic mass is 10.2. The Kier molecular flexibility index (Phi) is 7.62. The summed E-state index contributed by atoms with van der Waals surface area (Å²) in [4.78, 5) is 10.8. The van der Waals surface area contributed by atoms with E-state index in [1.54, 1.807) is 11.7 Å². The fraction of sp³-hybridized carbons (Fsp3) is 0.526. The van der Waals surface area contributed by atoms with Gasteiger partial charge in [0.25, 0.3) is 0 Å². The van der Waals surface area contributed by atoms with Gasteiger partial charge >= 0.3 is 0 Å². The average Bonchev–Trinajstić information content (AvgIpc) is 3.14. The molecule has 28 heavy (non-hydrogen) atoms. The van der Waals surface area contributed by atoms with Crippen molar-refractivity contribution in [3.05, 3.63) is 42.0 Å². The highest BCUT2D eigenvalue weighted by Gasteiger charge is 2.11. The zero-order chi connectivity index (χ0) is 19.6. The molecule has 1 fully saturated rings. The summed E-state index contributed by atoms with van der Waals surface area (Å²) in [6.07, 6.45) is 1.54. The van der Waals surface area contributed by atoms with Crippen molar-refractivity contribution in [1.29, 1.82) is 0 Å². The molecular weight excluding hydrogens is 358 g/mol. The molecular formula is C19H29N7O2. The van der Waals surface area contributed by atoms with Crippen LogP contribution in [0.2, 0.25) is 0 Å². The van der Waals surface area contributed by atoms with Gasteiger partial charge in [-0.25, -0.2) is 4.98 Å². The van der Waals surface area contributed by atoms with Gasteiger partial charge in [0.2, 0.25) is 0 Å². The molecule has 2 heterocycles. The number of hydrogen-bond donors (Lipinski definition) is 2. The molecule has 0 aliphatic carbocycles. The van der Waals surface area contributed by atoms with Crippen LogP contribution in [0.25, 0.3) is 0 Å². The zero-order valence-electron chi connectivity index (χ0n) is 16.6. The third-order valence-corrected chi connectivity index (χ3v) is 4.63. The molecule has 2 aromatic rings. The summed E-state index contributed by atoms with van der Waals surface area (Å²) in [5.74, 6) is 2.44. The molecule has 0 bridgehead atoms. The van der Waals surface area contributed by atoms with Gasteiger partial charge < -0.3 is 20.1 Å². The zero-order valence-corrected chi connectivity index (χ0v) is 16.6. The molecule has 0 radical (unpaired) electrons. The Morgan fingerprint density at radius 2 is 2.00 bits per heavy atom. The summed E-state index contributed by atoms with van der Waals surface area (Å²) in [7, 11) is 3.61. The number of morpholine rings is 1. The molecule has 1 aliphatic rings. The van der Waals surface area contributed by atoms with Gasteiger partial charge in [0.1, 0.15) is 24.5 Å². The van der Waals surface area contributed by atoms with Gasteiger partial charge in [-0.1, -0.05) is 18.2 Å². The van der Waals surface area contributed by atoms with E-state index >= 15 is 0 Å². The van der Waals surface area contributed by atoms with E-state index in [2.05, 4.69) is 36.7 Å². The fourth-order valence-electron chi connectivity index (χ4n) is 2.94. The van der Waals surface area contributed by atoms with Gasteiger partial charge in [0.15, 0.2) is 5.96 Å². The van der Waals surface area contributed by atoms with E-state index in [-0.39, 0.29) is 0 Å². The number of rotatable bonds is 8. The Hall–Kier alpha value is -2.65. The second-order valence-corrected chi connectivity index (χ2v) is 6.49. The molecule has 1 aliphatic heterocycles. The van der Waals surface area contributed by atoms with Gasteiger partial charge in [-0.2, -0.15) is 5.10 Å². The van der Waals surface area contributed by atoms with Gasteiger partial charge in [-0.15, -0.1) is 0 Å². The van der Waals surface area contributed by atoms with E-state index in [1.165, 1.54) is 6.33 Å². The summed E-state index contributed by atoms with van der Waals surface area (Å²) < 4.78 is 13.2. The van der Waals surface area contributed by atoms with Crippen molar-refractivity contribution in [2.24, 2.45) is 12.0 Å². The number of hydrogen-bond acceptors (Lipinski definition) is 6. The van der Waals surface area contributed by atoms with Crippen molar-refractivity contribution < 1.29 is 9.47 Å². The van der Waals surface area contributed by atoms with E-state index in [9.17, 15) is 0 Å². The minimum absolute atomic E-state index is 0.549. The molecule has 1 aromatic heterocycles. The molecule has 9 nitrogen and oxygen atoms in total. The molecule has 0 unspecified atom stereocenters. The molecule has 152 valence electrons. The summed E-state index contributed by atoms with van der Waals surface area (Å²) in [5.41, 5.74) is 1.09. The highest BCUT2D eigenvalue weighted by Crippen LogP contribution is 2.17. The Labute approximate surface area is 165 Å². The van der Waals surface area contributed by atoms with Gasteiger partial charge in [0, 0.05) is 45.8 Å². The molecule has 9 heteroatoms. The monoisotopic (exact) mass is 387 g/mol. The van der Waals surface area contributed by atoms with Crippen LogP contribution in [0.4, 0.5) is 0 Å². The van der Waals surface area contributed by atoms with Gasteiger partial charge in [0.05, 0.1) is 19.8 Å². The largest absolute Gasteiger partial charge is 0.492 e. The van der Waals surface area contributed by atoms with E-state index in [0.29, 0.717) is 25.7 Å². The smallest absolute Gasteiger partial charge is 0.191 e. The van der Waals surface area contributed by atoms with Crippen LogP contribution in [0.1, 0.15) is 11.4 Å². The minimum Gasteiger partial charge on any atom is -0.492 e. The lowest BCUT2D eigenvalue weighted by Gasteiger charge is -2.26. The van der Waals surface area contributed by atoms with Crippen molar-refractivity contribution in [2.45, 2.75) is 13.1 Å². The van der Waals surface area contributed by atoms with Crippen LogP contribution in [-0.4, -0.2) is 72.1 Å². The Morgan fingerprint density at radius 3 is 2.75 bits per heavy atom. The van der Waals surface area contributed by atoms with E-state index in [1.807, 2.05) is 25.2 Å². The standard InChI is InChI=1S/C19H29N7O2/c1-20-19(22-14-18-23-15-24-25(18)2)21-13-16-5-3-4-6-17(16)28-12-9-26-7-10-27-11-8-26/h3-6,15H,7-14H2,1-2H3,(H2,20,21,22). The van der Waals surface area contributed by atoms with Crippen LogP contribution in [0.15, 0.2) is 35.6 Å². The Bertz CT molecular complexity index is 756. The molecule has 0 saturated carbocycles. The number of aryl methyl sites for hydroxylation is 1. The van der Waals surface area contributed by atoms with Crippen LogP contribution in [0.3, 0.4) is 0 Å². The Balaban J connectivity index is 1.47. The van der Waals surface area contributed by atoms with Gasteiger partial charge in [-0.05, 0) is 6.07 Å². The first-order valence-electron chi connectivity index (χ1n) is 9.54. The highest BCUT2D eigenvalue weighted by atomic mass is 16.5. The van der Waals surface area contributed by atoms with Crippen molar-refractivity contribution in [3.63, 3.8) is 0 Å². The fourth-order valence-corrected chi connectivity index (χ4v) is 2.94. The predicted molar refractivity (Wildman–Crippen MR) is 107 cm³/mol. The quantitative estimate of drug-likeness (QED) is 0.500. The second kappa shape index (κ2) is 10.6. The third-order valence-electron chi connectivity index (χ3n) is 4.63. The van der Waals surface area contributed by atoms with Crippen molar-refractivity contribution >= 4 is 5.96 Å². The molecule has 1 saturated heterocycles. The lowest BCUT2D eigenvalue weighted by molar-refractivity contribution is 0.0322. The number of guanidine groups is 1. The first-order valence-corrected chi connectivity index (χ1v) is 9.54. The summed E-state index contributed by atoms with van der Waals surface area (Å²) in [6, 6.07) is 8.08. The number of nitrogens with one attached hydrogen (secondary N) is 2. The molecule has 0 spiro atoms. The molecule has 0 atom stereocenters. The molecule has 2 N–H and O–H groups in total. The molecule has 1 aromatic carbocycles. The number of aliphatic imine (C=N–C) groups is 1. The summed E-state index contributed by atoms with van der Waals surface area (Å²) >= 11 is 0. The van der Waals surface area contributed by atoms with Crippen LogP contribution in [0.5, 0.6) is 5.75 Å². The van der Waals surface area contributed by atoms with Crippen molar-refractivity contribution in [2.75, 3.05) is 46.5 Å². The first-order chi connectivity index (χ1) is 13.8. The number of ether oxygens (including phenoxy) is 2. The maximum Gasteiger partial charge on any atom is 0.191 e. The van der Waals surface area contributed by atoms with Crippen LogP contribution >= 0.6 is 0 Å². The average molecular weight is 387 g/mol. The van der Waals surface area contributed by atoms with Gasteiger partial charge in [-0.3, -0.25) is 14.6 Å².